The highest BCUT2D eigenvalue weighted by Gasteiger charge is 2.15. The molecule has 0 fully saturated rings. The lowest BCUT2D eigenvalue weighted by Crippen LogP contribution is -2.31. The van der Waals surface area contributed by atoms with E-state index in [0.717, 1.165) is 11.5 Å². The Morgan fingerprint density at radius 1 is 1.19 bits per heavy atom. The Kier molecular flexibility index (Phi) is 5.12. The summed E-state index contributed by atoms with van der Waals surface area (Å²) in [6.45, 7) is 7.30. The molecule has 3 heteroatoms. The molecule has 0 aliphatic carbocycles. The third-order valence-corrected chi connectivity index (χ3v) is 2.40. The van der Waals surface area contributed by atoms with Gasteiger partial charge in [-0.1, -0.05) is 26.0 Å². The molecule has 2 N–H and O–H groups in total. The summed E-state index contributed by atoms with van der Waals surface area (Å²) in [6.07, 6.45) is 0.0293. The van der Waals surface area contributed by atoms with Crippen LogP contribution in [0.15, 0.2) is 24.3 Å². The average molecular weight is 223 g/mol. The van der Waals surface area contributed by atoms with Crippen molar-refractivity contribution in [3.8, 4) is 11.5 Å². The molecule has 0 aromatic heterocycles. The second kappa shape index (κ2) is 6.38. The predicted molar refractivity (Wildman–Crippen MR) is 65.9 cm³/mol. The zero-order chi connectivity index (χ0) is 12.0. The van der Waals surface area contributed by atoms with Crippen molar-refractivity contribution in [3.63, 3.8) is 0 Å². The summed E-state index contributed by atoms with van der Waals surface area (Å²) < 4.78 is 11.4. The molecule has 1 rings (SSSR count). The van der Waals surface area contributed by atoms with E-state index in [9.17, 15) is 0 Å². The van der Waals surface area contributed by atoms with Gasteiger partial charge in [-0.15, -0.1) is 0 Å². The molecule has 0 spiro atoms. The largest absolute Gasteiger partial charge is 0.490 e. The van der Waals surface area contributed by atoms with Crippen molar-refractivity contribution in [2.75, 3.05) is 13.2 Å². The summed E-state index contributed by atoms with van der Waals surface area (Å²) in [4.78, 5) is 0. The van der Waals surface area contributed by atoms with Gasteiger partial charge in [-0.25, -0.2) is 0 Å². The number of para-hydroxylation sites is 2. The molecule has 0 bridgehead atoms. The lowest BCUT2D eigenvalue weighted by molar-refractivity contribution is 0.151. The van der Waals surface area contributed by atoms with E-state index >= 15 is 0 Å². The van der Waals surface area contributed by atoms with Crippen LogP contribution in [0.4, 0.5) is 0 Å². The normalized spacial score (nSPS) is 12.6. The van der Waals surface area contributed by atoms with Crippen LogP contribution in [0.1, 0.15) is 20.8 Å². The van der Waals surface area contributed by atoms with Gasteiger partial charge in [0, 0.05) is 6.54 Å². The number of benzene rings is 1. The number of ether oxygens (including phenoxy) is 2. The standard InChI is InChI=1S/C13H21NO2/c1-4-15-11-7-5-6-8-12(11)16-13(9-14)10(2)3/h5-8,10,13H,4,9,14H2,1-3H3. The van der Waals surface area contributed by atoms with E-state index in [1.54, 1.807) is 0 Å². The van der Waals surface area contributed by atoms with Crippen molar-refractivity contribution in [3.05, 3.63) is 24.3 Å². The summed E-state index contributed by atoms with van der Waals surface area (Å²) in [7, 11) is 0. The maximum atomic E-state index is 5.86. The second-order valence-electron chi connectivity index (χ2n) is 4.02. The van der Waals surface area contributed by atoms with Gasteiger partial charge in [0.1, 0.15) is 6.10 Å². The Labute approximate surface area is 97.6 Å². The molecule has 0 saturated carbocycles. The molecule has 0 aliphatic rings. The number of hydrogen-bond acceptors (Lipinski definition) is 3. The van der Waals surface area contributed by atoms with Crippen LogP contribution in [-0.4, -0.2) is 19.3 Å². The van der Waals surface area contributed by atoms with Crippen molar-refractivity contribution in [1.82, 2.24) is 0 Å². The van der Waals surface area contributed by atoms with Gasteiger partial charge in [0.05, 0.1) is 6.61 Å². The molecule has 3 nitrogen and oxygen atoms in total. The van der Waals surface area contributed by atoms with Crippen molar-refractivity contribution < 1.29 is 9.47 Å². The van der Waals surface area contributed by atoms with Crippen LogP contribution in [0.25, 0.3) is 0 Å². The fourth-order valence-corrected chi connectivity index (χ4v) is 1.44. The first kappa shape index (κ1) is 12.8. The van der Waals surface area contributed by atoms with E-state index in [0.29, 0.717) is 19.1 Å². The molecule has 0 aliphatic heterocycles. The molecule has 0 amide bonds. The molecular weight excluding hydrogens is 202 g/mol. The molecule has 90 valence electrons. The van der Waals surface area contributed by atoms with Gasteiger partial charge in [-0.05, 0) is 25.0 Å². The number of hydrogen-bond donors (Lipinski definition) is 1. The zero-order valence-electron chi connectivity index (χ0n) is 10.3. The minimum Gasteiger partial charge on any atom is -0.490 e. The Balaban J connectivity index is 2.78. The first-order valence-electron chi connectivity index (χ1n) is 5.77. The van der Waals surface area contributed by atoms with E-state index in [-0.39, 0.29) is 6.10 Å². The first-order chi connectivity index (χ1) is 7.69. The summed E-state index contributed by atoms with van der Waals surface area (Å²) >= 11 is 0. The summed E-state index contributed by atoms with van der Waals surface area (Å²) in [5.74, 6) is 1.94. The maximum Gasteiger partial charge on any atom is 0.161 e. The van der Waals surface area contributed by atoms with Gasteiger partial charge in [-0.3, -0.25) is 0 Å². The topological polar surface area (TPSA) is 44.5 Å². The van der Waals surface area contributed by atoms with E-state index in [1.165, 1.54) is 0 Å². The van der Waals surface area contributed by atoms with Crippen LogP contribution in [0.2, 0.25) is 0 Å². The lowest BCUT2D eigenvalue weighted by atomic mass is 10.1. The molecule has 0 saturated heterocycles. The van der Waals surface area contributed by atoms with E-state index in [1.807, 2.05) is 31.2 Å². The highest BCUT2D eigenvalue weighted by molar-refractivity contribution is 5.39. The quantitative estimate of drug-likeness (QED) is 0.805. The molecular formula is C13H21NO2. The fourth-order valence-electron chi connectivity index (χ4n) is 1.44. The Morgan fingerprint density at radius 3 is 2.31 bits per heavy atom. The summed E-state index contributed by atoms with van der Waals surface area (Å²) in [5, 5.41) is 0. The smallest absolute Gasteiger partial charge is 0.161 e. The van der Waals surface area contributed by atoms with Gasteiger partial charge in [0.25, 0.3) is 0 Å². The minimum atomic E-state index is 0.0293. The molecule has 1 unspecified atom stereocenters. The van der Waals surface area contributed by atoms with Crippen LogP contribution >= 0.6 is 0 Å². The van der Waals surface area contributed by atoms with Crippen LogP contribution in [0.3, 0.4) is 0 Å². The van der Waals surface area contributed by atoms with E-state index < -0.39 is 0 Å². The van der Waals surface area contributed by atoms with Gasteiger partial charge < -0.3 is 15.2 Å². The summed E-state index contributed by atoms with van der Waals surface area (Å²) in [5.41, 5.74) is 5.68. The van der Waals surface area contributed by atoms with Crippen LogP contribution in [0, 0.1) is 5.92 Å². The molecule has 1 aromatic rings. The Hall–Kier alpha value is -1.22. The molecule has 1 aromatic carbocycles. The third-order valence-electron chi connectivity index (χ3n) is 2.40. The van der Waals surface area contributed by atoms with Gasteiger partial charge in [0.2, 0.25) is 0 Å². The number of rotatable bonds is 6. The van der Waals surface area contributed by atoms with Crippen molar-refractivity contribution >= 4 is 0 Å². The maximum absolute atomic E-state index is 5.86. The SMILES string of the molecule is CCOc1ccccc1OC(CN)C(C)C. The van der Waals surface area contributed by atoms with Gasteiger partial charge >= 0.3 is 0 Å². The Morgan fingerprint density at radius 2 is 1.81 bits per heavy atom. The first-order valence-corrected chi connectivity index (χ1v) is 5.77. The molecule has 0 heterocycles. The minimum absolute atomic E-state index is 0.0293. The predicted octanol–water partition coefficient (Wildman–Crippen LogP) is 2.45. The van der Waals surface area contributed by atoms with Crippen LogP contribution in [0.5, 0.6) is 11.5 Å². The van der Waals surface area contributed by atoms with Gasteiger partial charge in [-0.2, -0.15) is 0 Å². The molecule has 1 atom stereocenters. The van der Waals surface area contributed by atoms with E-state index in [4.69, 9.17) is 15.2 Å². The zero-order valence-corrected chi connectivity index (χ0v) is 10.3. The monoisotopic (exact) mass is 223 g/mol. The lowest BCUT2D eigenvalue weighted by Gasteiger charge is -2.22. The van der Waals surface area contributed by atoms with Crippen molar-refractivity contribution in [1.29, 1.82) is 0 Å². The van der Waals surface area contributed by atoms with Crippen LogP contribution < -0.4 is 15.2 Å². The van der Waals surface area contributed by atoms with Gasteiger partial charge in [0.15, 0.2) is 11.5 Å². The highest BCUT2D eigenvalue weighted by Crippen LogP contribution is 2.28. The summed E-state index contributed by atoms with van der Waals surface area (Å²) in [6, 6.07) is 7.69. The average Bonchev–Trinajstić information content (AvgIpc) is 2.27. The van der Waals surface area contributed by atoms with Crippen molar-refractivity contribution in [2.24, 2.45) is 11.7 Å². The third kappa shape index (κ3) is 3.42. The molecule has 0 radical (unpaired) electrons. The van der Waals surface area contributed by atoms with Crippen LogP contribution in [-0.2, 0) is 0 Å². The Bertz CT molecular complexity index is 313. The van der Waals surface area contributed by atoms with Crippen molar-refractivity contribution in [2.45, 2.75) is 26.9 Å². The van der Waals surface area contributed by atoms with E-state index in [2.05, 4.69) is 13.8 Å². The second-order valence-corrected chi connectivity index (χ2v) is 4.02. The molecule has 16 heavy (non-hydrogen) atoms. The highest BCUT2D eigenvalue weighted by atomic mass is 16.5. The number of nitrogens with two attached hydrogens (primary N) is 1. The fraction of sp³-hybridized carbons (Fsp3) is 0.538.